The van der Waals surface area contributed by atoms with Crippen LogP contribution in [0.2, 0.25) is 0 Å². The maximum Gasteiger partial charge on any atom is 0.147 e. The number of rotatable bonds is 2. The maximum atomic E-state index is 13.9. The number of hydrogen-bond donors (Lipinski definition) is 2. The fourth-order valence-corrected chi connectivity index (χ4v) is 2.13. The molecule has 1 aromatic heterocycles. The summed E-state index contributed by atoms with van der Waals surface area (Å²) in [7, 11) is 0. The van der Waals surface area contributed by atoms with Crippen LogP contribution < -0.4 is 11.1 Å². The molecule has 102 valence electrons. The summed E-state index contributed by atoms with van der Waals surface area (Å²) < 4.78 is 13.9. The first-order chi connectivity index (χ1) is 10.2. The third kappa shape index (κ3) is 2.35. The molecule has 0 unspecified atom stereocenters. The second kappa shape index (κ2) is 5.10. The van der Waals surface area contributed by atoms with Crippen LogP contribution in [-0.4, -0.2) is 4.98 Å². The number of nitrogens with zero attached hydrogens (tertiary/aromatic N) is 2. The van der Waals surface area contributed by atoms with Gasteiger partial charge < -0.3 is 11.1 Å². The van der Waals surface area contributed by atoms with Crippen LogP contribution in [0.15, 0.2) is 48.8 Å². The molecule has 1 heterocycles. The molecule has 0 bridgehead atoms. The molecule has 21 heavy (non-hydrogen) atoms. The molecule has 3 N–H and O–H groups in total. The van der Waals surface area contributed by atoms with Crippen molar-refractivity contribution in [3.63, 3.8) is 0 Å². The lowest BCUT2D eigenvalue weighted by molar-refractivity contribution is 0.631. The van der Waals surface area contributed by atoms with E-state index in [0.717, 1.165) is 10.8 Å². The molecule has 0 atom stereocenters. The lowest BCUT2D eigenvalue weighted by atomic mass is 10.1. The number of nitrogen functional groups attached to an aromatic ring is 1. The number of halogens is 1. The van der Waals surface area contributed by atoms with Crippen molar-refractivity contribution < 1.29 is 4.39 Å². The zero-order valence-electron chi connectivity index (χ0n) is 11.0. The lowest BCUT2D eigenvalue weighted by Crippen LogP contribution is -1.99. The van der Waals surface area contributed by atoms with Gasteiger partial charge in [0, 0.05) is 23.2 Å². The van der Waals surface area contributed by atoms with Crippen molar-refractivity contribution in [2.24, 2.45) is 0 Å². The molecule has 3 aromatic rings. The molecule has 0 amide bonds. The molecule has 0 aliphatic rings. The average molecular weight is 278 g/mol. The molecule has 0 saturated heterocycles. The summed E-state index contributed by atoms with van der Waals surface area (Å²) in [6.07, 6.45) is 3.38. The Hall–Kier alpha value is -3.13. The molecule has 0 aliphatic carbocycles. The van der Waals surface area contributed by atoms with Gasteiger partial charge in [0.15, 0.2) is 0 Å². The number of hydrogen-bond acceptors (Lipinski definition) is 4. The van der Waals surface area contributed by atoms with E-state index in [0.29, 0.717) is 11.4 Å². The van der Waals surface area contributed by atoms with Gasteiger partial charge >= 0.3 is 0 Å². The molecule has 3 rings (SSSR count). The standard InChI is InChI=1S/C16H11FN4/c17-13-7-10(8-18)1-3-14(13)21-15-4-2-11-9-20-6-5-12(11)16(15)19/h1-7,9,21H,19H2. The Kier molecular flexibility index (Phi) is 3.13. The first-order valence-electron chi connectivity index (χ1n) is 6.28. The Bertz CT molecular complexity index is 868. The summed E-state index contributed by atoms with van der Waals surface area (Å²) in [4.78, 5) is 4.03. The van der Waals surface area contributed by atoms with E-state index >= 15 is 0 Å². The molecule has 0 saturated carbocycles. The Labute approximate surface area is 120 Å². The van der Waals surface area contributed by atoms with Crippen molar-refractivity contribution in [1.29, 1.82) is 5.26 Å². The van der Waals surface area contributed by atoms with Crippen molar-refractivity contribution in [2.75, 3.05) is 11.1 Å². The summed E-state index contributed by atoms with van der Waals surface area (Å²) in [5.74, 6) is -0.497. The van der Waals surface area contributed by atoms with Crippen LogP contribution in [0.1, 0.15) is 5.56 Å². The Morgan fingerprint density at radius 2 is 1.95 bits per heavy atom. The third-order valence-corrected chi connectivity index (χ3v) is 3.23. The summed E-state index contributed by atoms with van der Waals surface area (Å²) in [5, 5.41) is 13.5. The van der Waals surface area contributed by atoms with Gasteiger partial charge in [-0.1, -0.05) is 6.07 Å². The highest BCUT2D eigenvalue weighted by Gasteiger charge is 2.08. The minimum absolute atomic E-state index is 0.272. The van der Waals surface area contributed by atoms with Gasteiger partial charge in [-0.3, -0.25) is 4.98 Å². The largest absolute Gasteiger partial charge is 0.397 e. The summed E-state index contributed by atoms with van der Waals surface area (Å²) in [6, 6.07) is 11.6. The summed E-state index contributed by atoms with van der Waals surface area (Å²) in [6.45, 7) is 0. The van der Waals surface area contributed by atoms with Crippen molar-refractivity contribution in [1.82, 2.24) is 4.98 Å². The van der Waals surface area contributed by atoms with Crippen LogP contribution in [-0.2, 0) is 0 Å². The first-order valence-corrected chi connectivity index (χ1v) is 6.28. The van der Waals surface area contributed by atoms with E-state index in [2.05, 4.69) is 10.3 Å². The monoisotopic (exact) mass is 278 g/mol. The molecular formula is C16H11FN4. The predicted molar refractivity (Wildman–Crippen MR) is 80.6 cm³/mol. The topological polar surface area (TPSA) is 74.7 Å². The molecule has 4 nitrogen and oxygen atoms in total. The van der Waals surface area contributed by atoms with Crippen LogP contribution in [0.3, 0.4) is 0 Å². The number of anilines is 3. The number of fused-ring (bicyclic) bond motifs is 1. The lowest BCUT2D eigenvalue weighted by Gasteiger charge is -2.12. The van der Waals surface area contributed by atoms with Gasteiger partial charge in [0.25, 0.3) is 0 Å². The number of nitriles is 1. The fourth-order valence-electron chi connectivity index (χ4n) is 2.13. The van der Waals surface area contributed by atoms with Crippen LogP contribution in [0.25, 0.3) is 10.8 Å². The van der Waals surface area contributed by atoms with Gasteiger partial charge in [-0.25, -0.2) is 4.39 Å². The van der Waals surface area contributed by atoms with Crippen LogP contribution in [0, 0.1) is 17.1 Å². The molecule has 0 fully saturated rings. The molecule has 5 heteroatoms. The molecular weight excluding hydrogens is 267 g/mol. The predicted octanol–water partition coefficient (Wildman–Crippen LogP) is 3.57. The minimum atomic E-state index is -0.497. The number of nitrogens with one attached hydrogen (secondary N) is 1. The highest BCUT2D eigenvalue weighted by molar-refractivity contribution is 5.99. The van der Waals surface area contributed by atoms with Gasteiger partial charge in [0.05, 0.1) is 28.7 Å². The van der Waals surface area contributed by atoms with E-state index in [4.69, 9.17) is 11.0 Å². The van der Waals surface area contributed by atoms with Gasteiger partial charge in [-0.05, 0) is 30.3 Å². The van der Waals surface area contributed by atoms with E-state index in [1.165, 1.54) is 12.1 Å². The zero-order chi connectivity index (χ0) is 14.8. The second-order valence-corrected chi connectivity index (χ2v) is 4.56. The zero-order valence-corrected chi connectivity index (χ0v) is 11.0. The van der Waals surface area contributed by atoms with Gasteiger partial charge in [0.1, 0.15) is 5.82 Å². The van der Waals surface area contributed by atoms with Crippen molar-refractivity contribution in [3.8, 4) is 6.07 Å². The highest BCUT2D eigenvalue weighted by atomic mass is 19.1. The SMILES string of the molecule is N#Cc1ccc(Nc2ccc3cnccc3c2N)c(F)c1. The average Bonchev–Trinajstić information content (AvgIpc) is 2.52. The van der Waals surface area contributed by atoms with Crippen molar-refractivity contribution in [2.45, 2.75) is 0 Å². The van der Waals surface area contributed by atoms with E-state index in [-0.39, 0.29) is 11.3 Å². The van der Waals surface area contributed by atoms with E-state index in [9.17, 15) is 4.39 Å². The van der Waals surface area contributed by atoms with Crippen molar-refractivity contribution in [3.05, 3.63) is 60.2 Å². The quantitative estimate of drug-likeness (QED) is 0.703. The normalized spacial score (nSPS) is 10.3. The maximum absolute atomic E-state index is 13.9. The number of benzene rings is 2. The number of aromatic nitrogens is 1. The minimum Gasteiger partial charge on any atom is -0.397 e. The Morgan fingerprint density at radius 1 is 1.14 bits per heavy atom. The highest BCUT2D eigenvalue weighted by Crippen LogP contribution is 2.31. The third-order valence-electron chi connectivity index (χ3n) is 3.23. The van der Waals surface area contributed by atoms with E-state index < -0.39 is 5.82 Å². The second-order valence-electron chi connectivity index (χ2n) is 4.56. The summed E-state index contributed by atoms with van der Waals surface area (Å²) in [5.41, 5.74) is 7.79. The first kappa shape index (κ1) is 12.9. The van der Waals surface area contributed by atoms with Gasteiger partial charge in [-0.2, -0.15) is 5.26 Å². The molecule has 0 aliphatic heterocycles. The van der Waals surface area contributed by atoms with Crippen molar-refractivity contribution >= 4 is 27.8 Å². The Balaban J connectivity index is 2.02. The molecule has 2 aromatic carbocycles. The van der Waals surface area contributed by atoms with Gasteiger partial charge in [-0.15, -0.1) is 0 Å². The van der Waals surface area contributed by atoms with Crippen LogP contribution >= 0.6 is 0 Å². The van der Waals surface area contributed by atoms with Crippen LogP contribution in [0.5, 0.6) is 0 Å². The Morgan fingerprint density at radius 3 is 2.71 bits per heavy atom. The summed E-state index contributed by atoms with van der Waals surface area (Å²) >= 11 is 0. The number of pyridine rings is 1. The smallest absolute Gasteiger partial charge is 0.147 e. The number of nitrogens with two attached hydrogens (primary N) is 1. The fraction of sp³-hybridized carbons (Fsp3) is 0. The molecule has 0 spiro atoms. The van der Waals surface area contributed by atoms with Crippen LogP contribution in [0.4, 0.5) is 21.5 Å². The van der Waals surface area contributed by atoms with Gasteiger partial charge in [0.2, 0.25) is 0 Å². The van der Waals surface area contributed by atoms with E-state index in [1.807, 2.05) is 18.2 Å². The van der Waals surface area contributed by atoms with E-state index in [1.54, 1.807) is 24.5 Å². The molecule has 0 radical (unpaired) electrons.